The van der Waals surface area contributed by atoms with Crippen LogP contribution in [0.1, 0.15) is 11.4 Å². The summed E-state index contributed by atoms with van der Waals surface area (Å²) < 4.78 is 5.36. The Morgan fingerprint density at radius 1 is 0.920 bits per heavy atom. The Bertz CT molecular complexity index is 898. The number of methoxy groups -OCH3 is 1. The SMILES string of the molecule is COc1ccccc1Nc1cc(Nc2ccc(C)c(Cl)c2)nc(C)n1. The minimum absolute atomic E-state index is 0.653. The van der Waals surface area contributed by atoms with Crippen LogP contribution < -0.4 is 15.4 Å². The maximum absolute atomic E-state index is 6.18. The van der Waals surface area contributed by atoms with Crippen molar-refractivity contribution in [2.24, 2.45) is 0 Å². The molecule has 2 aromatic carbocycles. The highest BCUT2D eigenvalue weighted by molar-refractivity contribution is 6.31. The zero-order valence-corrected chi connectivity index (χ0v) is 15.1. The van der Waals surface area contributed by atoms with E-state index in [1.54, 1.807) is 7.11 Å². The van der Waals surface area contributed by atoms with Crippen molar-refractivity contribution in [2.45, 2.75) is 13.8 Å². The van der Waals surface area contributed by atoms with Gasteiger partial charge in [0.25, 0.3) is 0 Å². The van der Waals surface area contributed by atoms with Gasteiger partial charge in [0.05, 0.1) is 12.8 Å². The number of hydrogen-bond donors (Lipinski definition) is 2. The molecule has 0 radical (unpaired) electrons. The first-order valence-electron chi connectivity index (χ1n) is 7.84. The van der Waals surface area contributed by atoms with Crippen LogP contribution in [0.2, 0.25) is 5.02 Å². The van der Waals surface area contributed by atoms with E-state index in [0.29, 0.717) is 22.5 Å². The van der Waals surface area contributed by atoms with E-state index in [4.69, 9.17) is 16.3 Å². The van der Waals surface area contributed by atoms with E-state index in [9.17, 15) is 0 Å². The molecule has 1 aromatic heterocycles. The number of ether oxygens (including phenoxy) is 1. The van der Waals surface area contributed by atoms with E-state index in [2.05, 4.69) is 20.6 Å². The first-order chi connectivity index (χ1) is 12.0. The number of benzene rings is 2. The molecule has 0 atom stereocenters. The first-order valence-corrected chi connectivity index (χ1v) is 8.22. The van der Waals surface area contributed by atoms with Crippen molar-refractivity contribution < 1.29 is 4.74 Å². The van der Waals surface area contributed by atoms with Crippen LogP contribution in [0.25, 0.3) is 0 Å². The van der Waals surface area contributed by atoms with Crippen LogP contribution in [-0.2, 0) is 0 Å². The van der Waals surface area contributed by atoms with Crippen molar-refractivity contribution in [3.8, 4) is 5.75 Å². The highest BCUT2D eigenvalue weighted by atomic mass is 35.5. The van der Waals surface area contributed by atoms with Gasteiger partial charge in [-0.3, -0.25) is 0 Å². The molecule has 2 N–H and O–H groups in total. The Morgan fingerprint density at radius 2 is 1.64 bits per heavy atom. The summed E-state index contributed by atoms with van der Waals surface area (Å²) in [6, 6.07) is 15.3. The molecular formula is C19H19ClN4O. The van der Waals surface area contributed by atoms with Crippen molar-refractivity contribution in [1.82, 2.24) is 9.97 Å². The molecule has 0 aliphatic heterocycles. The number of anilines is 4. The normalized spacial score (nSPS) is 10.4. The summed E-state index contributed by atoms with van der Waals surface area (Å²) in [4.78, 5) is 8.86. The number of para-hydroxylation sites is 2. The number of nitrogens with zero attached hydrogens (tertiary/aromatic N) is 2. The Kier molecular flexibility index (Phi) is 5.05. The van der Waals surface area contributed by atoms with Gasteiger partial charge >= 0.3 is 0 Å². The van der Waals surface area contributed by atoms with Crippen LogP contribution in [0.3, 0.4) is 0 Å². The quantitative estimate of drug-likeness (QED) is 0.656. The second kappa shape index (κ2) is 7.40. The monoisotopic (exact) mass is 354 g/mol. The standard InChI is InChI=1S/C19H19ClN4O/c1-12-8-9-14(10-15(12)20)23-18-11-19(22-13(2)21-18)24-16-6-4-5-7-17(16)25-3/h4-11H,1-3H3,(H2,21,22,23,24). The lowest BCUT2D eigenvalue weighted by Gasteiger charge is -2.13. The van der Waals surface area contributed by atoms with E-state index >= 15 is 0 Å². The number of aromatic nitrogens is 2. The molecule has 128 valence electrons. The summed E-state index contributed by atoms with van der Waals surface area (Å²) in [7, 11) is 1.64. The van der Waals surface area contributed by atoms with Crippen LogP contribution in [0, 0.1) is 13.8 Å². The molecule has 0 saturated heterocycles. The number of rotatable bonds is 5. The minimum Gasteiger partial charge on any atom is -0.495 e. The van der Waals surface area contributed by atoms with Crippen molar-refractivity contribution in [1.29, 1.82) is 0 Å². The molecule has 0 aliphatic rings. The van der Waals surface area contributed by atoms with Crippen molar-refractivity contribution in [3.05, 3.63) is 64.9 Å². The maximum atomic E-state index is 6.18. The summed E-state index contributed by atoms with van der Waals surface area (Å²) in [6.07, 6.45) is 0. The first kappa shape index (κ1) is 17.0. The molecule has 0 spiro atoms. The molecule has 0 bridgehead atoms. The van der Waals surface area contributed by atoms with Gasteiger partial charge in [0.2, 0.25) is 0 Å². The highest BCUT2D eigenvalue weighted by Crippen LogP contribution is 2.28. The van der Waals surface area contributed by atoms with Crippen LogP contribution >= 0.6 is 11.6 Å². The molecule has 5 nitrogen and oxygen atoms in total. The number of aryl methyl sites for hydroxylation is 2. The molecule has 25 heavy (non-hydrogen) atoms. The molecule has 6 heteroatoms. The predicted molar refractivity (Wildman–Crippen MR) is 103 cm³/mol. The molecule has 3 rings (SSSR count). The van der Waals surface area contributed by atoms with Crippen LogP contribution in [-0.4, -0.2) is 17.1 Å². The van der Waals surface area contributed by atoms with Gasteiger partial charge in [-0.2, -0.15) is 0 Å². The third-order valence-corrected chi connectivity index (χ3v) is 4.06. The van der Waals surface area contributed by atoms with Crippen molar-refractivity contribution in [2.75, 3.05) is 17.7 Å². The van der Waals surface area contributed by atoms with Crippen LogP contribution in [0.15, 0.2) is 48.5 Å². The molecule has 1 heterocycles. The Morgan fingerprint density at radius 3 is 2.36 bits per heavy atom. The van der Waals surface area contributed by atoms with Gasteiger partial charge in [-0.1, -0.05) is 29.8 Å². The Labute approximate surface area is 152 Å². The van der Waals surface area contributed by atoms with Gasteiger partial charge in [-0.25, -0.2) is 9.97 Å². The highest BCUT2D eigenvalue weighted by Gasteiger charge is 2.07. The number of halogens is 1. The van der Waals surface area contributed by atoms with Crippen molar-refractivity contribution in [3.63, 3.8) is 0 Å². The van der Waals surface area contributed by atoms with E-state index in [1.807, 2.05) is 62.4 Å². The van der Waals surface area contributed by atoms with Gasteiger partial charge in [-0.15, -0.1) is 0 Å². The lowest BCUT2D eigenvalue weighted by atomic mass is 10.2. The van der Waals surface area contributed by atoms with Gasteiger partial charge in [-0.05, 0) is 43.7 Å². The maximum Gasteiger partial charge on any atom is 0.142 e. The smallest absolute Gasteiger partial charge is 0.142 e. The molecule has 0 amide bonds. The fourth-order valence-electron chi connectivity index (χ4n) is 2.40. The van der Waals surface area contributed by atoms with E-state index in [0.717, 1.165) is 22.7 Å². The van der Waals surface area contributed by atoms with E-state index < -0.39 is 0 Å². The average molecular weight is 355 g/mol. The van der Waals surface area contributed by atoms with Gasteiger partial charge < -0.3 is 15.4 Å². The molecule has 3 aromatic rings. The zero-order chi connectivity index (χ0) is 17.8. The molecule has 0 aliphatic carbocycles. The van der Waals surface area contributed by atoms with Crippen molar-refractivity contribution >= 4 is 34.6 Å². The van der Waals surface area contributed by atoms with Gasteiger partial charge in [0.15, 0.2) is 0 Å². The van der Waals surface area contributed by atoms with Gasteiger partial charge in [0.1, 0.15) is 23.2 Å². The van der Waals surface area contributed by atoms with E-state index in [1.165, 1.54) is 0 Å². The second-order valence-corrected chi connectivity index (χ2v) is 6.01. The minimum atomic E-state index is 0.653. The topological polar surface area (TPSA) is 59.1 Å². The largest absolute Gasteiger partial charge is 0.495 e. The molecule has 0 unspecified atom stereocenters. The second-order valence-electron chi connectivity index (χ2n) is 5.60. The fourth-order valence-corrected chi connectivity index (χ4v) is 2.58. The number of hydrogen-bond acceptors (Lipinski definition) is 5. The zero-order valence-electron chi connectivity index (χ0n) is 14.3. The summed E-state index contributed by atoms with van der Waals surface area (Å²) in [5.74, 6) is 2.77. The van der Waals surface area contributed by atoms with E-state index in [-0.39, 0.29) is 0 Å². The Balaban J connectivity index is 1.86. The summed E-state index contributed by atoms with van der Waals surface area (Å²) >= 11 is 6.18. The predicted octanol–water partition coefficient (Wildman–Crippen LogP) is 5.24. The fraction of sp³-hybridized carbons (Fsp3) is 0.158. The van der Waals surface area contributed by atoms with Gasteiger partial charge in [0, 0.05) is 16.8 Å². The summed E-state index contributed by atoms with van der Waals surface area (Å²) in [6.45, 7) is 3.82. The number of nitrogens with one attached hydrogen (secondary N) is 2. The third-order valence-electron chi connectivity index (χ3n) is 3.65. The Hall–Kier alpha value is -2.79. The molecule has 0 fully saturated rings. The average Bonchev–Trinajstić information content (AvgIpc) is 2.58. The molecular weight excluding hydrogens is 336 g/mol. The lowest BCUT2D eigenvalue weighted by Crippen LogP contribution is -2.02. The molecule has 0 saturated carbocycles. The third kappa shape index (κ3) is 4.19. The van der Waals surface area contributed by atoms with Crippen LogP contribution in [0.5, 0.6) is 5.75 Å². The summed E-state index contributed by atoms with van der Waals surface area (Å²) in [5.41, 5.74) is 2.74. The lowest BCUT2D eigenvalue weighted by molar-refractivity contribution is 0.417. The summed E-state index contributed by atoms with van der Waals surface area (Å²) in [5, 5.41) is 7.24. The van der Waals surface area contributed by atoms with Crippen LogP contribution in [0.4, 0.5) is 23.0 Å².